The number of nitrogens with zero attached hydrogens (tertiary/aromatic N) is 3. The van der Waals surface area contributed by atoms with Gasteiger partial charge < -0.3 is 10.6 Å². The van der Waals surface area contributed by atoms with Gasteiger partial charge in [-0.2, -0.15) is 0 Å². The number of hydrogen-bond donors (Lipinski definition) is 1. The van der Waals surface area contributed by atoms with Crippen LogP contribution in [0.5, 0.6) is 0 Å². The zero-order valence-electron chi connectivity index (χ0n) is 9.56. The van der Waals surface area contributed by atoms with Crippen molar-refractivity contribution in [3.63, 3.8) is 0 Å². The van der Waals surface area contributed by atoms with Crippen molar-refractivity contribution in [1.82, 2.24) is 15.1 Å². The average molecular weight is 258 g/mol. The molecule has 1 aliphatic heterocycles. The minimum atomic E-state index is 0.564. The number of likely N-dealkylation sites (tertiary alicyclic amines) is 1. The standard InChI is InChI=1S/C10H18N4S2/c1-8-2-4-14(5-3-8)6-7-15-10-13-12-9(11)16-10/h8H,2-7H2,1H3,(H2,11,12). The van der Waals surface area contributed by atoms with Gasteiger partial charge in [0.1, 0.15) is 0 Å². The molecule has 0 radical (unpaired) electrons. The molecule has 0 atom stereocenters. The predicted molar refractivity (Wildman–Crippen MR) is 69.9 cm³/mol. The summed E-state index contributed by atoms with van der Waals surface area (Å²) in [7, 11) is 0. The number of thioether (sulfide) groups is 1. The zero-order valence-corrected chi connectivity index (χ0v) is 11.2. The fraction of sp³-hybridized carbons (Fsp3) is 0.800. The van der Waals surface area contributed by atoms with Crippen molar-refractivity contribution in [3.8, 4) is 0 Å². The van der Waals surface area contributed by atoms with Gasteiger partial charge in [-0.05, 0) is 31.8 Å². The molecule has 0 bridgehead atoms. The first-order valence-electron chi connectivity index (χ1n) is 5.68. The van der Waals surface area contributed by atoms with Crippen molar-refractivity contribution in [1.29, 1.82) is 0 Å². The molecule has 0 unspecified atom stereocenters. The number of hydrogen-bond acceptors (Lipinski definition) is 6. The van der Waals surface area contributed by atoms with E-state index in [1.807, 2.05) is 0 Å². The SMILES string of the molecule is CC1CCN(CCSc2nnc(N)s2)CC1. The van der Waals surface area contributed by atoms with E-state index in [0.29, 0.717) is 5.13 Å². The summed E-state index contributed by atoms with van der Waals surface area (Å²) in [5.41, 5.74) is 5.53. The van der Waals surface area contributed by atoms with Crippen molar-refractivity contribution in [2.45, 2.75) is 24.1 Å². The van der Waals surface area contributed by atoms with Gasteiger partial charge in [0.05, 0.1) is 0 Å². The van der Waals surface area contributed by atoms with Crippen molar-refractivity contribution < 1.29 is 0 Å². The van der Waals surface area contributed by atoms with Crippen molar-refractivity contribution in [2.24, 2.45) is 5.92 Å². The highest BCUT2D eigenvalue weighted by Crippen LogP contribution is 2.24. The van der Waals surface area contributed by atoms with E-state index < -0.39 is 0 Å². The molecule has 2 N–H and O–H groups in total. The Morgan fingerprint density at radius 2 is 2.19 bits per heavy atom. The minimum Gasteiger partial charge on any atom is -0.374 e. The first-order chi connectivity index (χ1) is 7.74. The van der Waals surface area contributed by atoms with E-state index in [0.717, 1.165) is 22.6 Å². The van der Waals surface area contributed by atoms with Crippen LogP contribution in [0.4, 0.5) is 5.13 Å². The molecule has 1 fully saturated rings. The Hall–Kier alpha value is -0.330. The van der Waals surface area contributed by atoms with Crippen LogP contribution >= 0.6 is 23.1 Å². The first kappa shape index (κ1) is 12.1. The van der Waals surface area contributed by atoms with Crippen LogP contribution in [0.3, 0.4) is 0 Å². The summed E-state index contributed by atoms with van der Waals surface area (Å²) in [6, 6.07) is 0. The maximum Gasteiger partial charge on any atom is 0.203 e. The Morgan fingerprint density at radius 3 is 2.81 bits per heavy atom. The molecular weight excluding hydrogens is 240 g/mol. The van der Waals surface area contributed by atoms with E-state index in [2.05, 4.69) is 22.0 Å². The second-order valence-electron chi connectivity index (χ2n) is 4.28. The third-order valence-corrected chi connectivity index (χ3v) is 4.80. The smallest absolute Gasteiger partial charge is 0.203 e. The van der Waals surface area contributed by atoms with Crippen LogP contribution < -0.4 is 5.73 Å². The fourth-order valence-electron chi connectivity index (χ4n) is 1.83. The molecule has 2 heterocycles. The molecule has 1 aromatic rings. The van der Waals surface area contributed by atoms with Crippen LogP contribution in [-0.2, 0) is 0 Å². The third-order valence-electron chi connectivity index (χ3n) is 2.93. The van der Waals surface area contributed by atoms with E-state index in [1.165, 1.54) is 37.3 Å². The maximum absolute atomic E-state index is 5.53. The molecule has 90 valence electrons. The lowest BCUT2D eigenvalue weighted by Crippen LogP contribution is -2.34. The highest BCUT2D eigenvalue weighted by atomic mass is 32.2. The molecule has 4 nitrogen and oxygen atoms in total. The Kier molecular flexibility index (Phi) is 4.43. The summed E-state index contributed by atoms with van der Waals surface area (Å²) in [5.74, 6) is 2.00. The average Bonchev–Trinajstić information content (AvgIpc) is 2.67. The van der Waals surface area contributed by atoms with Crippen LogP contribution in [0, 0.1) is 5.92 Å². The highest BCUT2D eigenvalue weighted by Gasteiger charge is 2.15. The van der Waals surface area contributed by atoms with Gasteiger partial charge >= 0.3 is 0 Å². The number of nitrogen functional groups attached to an aromatic ring is 1. The second-order valence-corrected chi connectivity index (χ2v) is 6.63. The fourth-order valence-corrected chi connectivity index (χ4v) is 3.53. The summed E-state index contributed by atoms with van der Waals surface area (Å²) < 4.78 is 0.989. The molecule has 0 aliphatic carbocycles. The molecule has 2 rings (SSSR count). The first-order valence-corrected chi connectivity index (χ1v) is 7.48. The van der Waals surface area contributed by atoms with E-state index in [1.54, 1.807) is 11.8 Å². The Bertz CT molecular complexity index is 320. The summed E-state index contributed by atoms with van der Waals surface area (Å²) in [6.07, 6.45) is 2.69. The summed E-state index contributed by atoms with van der Waals surface area (Å²) in [4.78, 5) is 2.54. The predicted octanol–water partition coefficient (Wildman–Crippen LogP) is 1.94. The molecule has 1 aliphatic rings. The van der Waals surface area contributed by atoms with E-state index in [9.17, 15) is 0 Å². The molecule has 1 saturated heterocycles. The molecule has 0 saturated carbocycles. The van der Waals surface area contributed by atoms with Crippen LogP contribution in [0.1, 0.15) is 19.8 Å². The molecule has 1 aromatic heterocycles. The zero-order chi connectivity index (χ0) is 11.4. The molecular formula is C10H18N4S2. The number of rotatable bonds is 4. The Labute approximate surface area is 105 Å². The van der Waals surface area contributed by atoms with Gasteiger partial charge in [0.25, 0.3) is 0 Å². The quantitative estimate of drug-likeness (QED) is 0.837. The van der Waals surface area contributed by atoms with Gasteiger partial charge in [-0.3, -0.25) is 0 Å². The topological polar surface area (TPSA) is 55.0 Å². The van der Waals surface area contributed by atoms with Crippen LogP contribution in [0.15, 0.2) is 4.34 Å². The van der Waals surface area contributed by atoms with Crippen molar-refractivity contribution in [2.75, 3.05) is 31.1 Å². The Balaban J connectivity index is 1.64. The molecule has 0 amide bonds. The van der Waals surface area contributed by atoms with Gasteiger partial charge in [-0.15, -0.1) is 10.2 Å². The third kappa shape index (κ3) is 3.61. The highest BCUT2D eigenvalue weighted by molar-refractivity contribution is 8.01. The van der Waals surface area contributed by atoms with E-state index in [-0.39, 0.29) is 0 Å². The lowest BCUT2D eigenvalue weighted by atomic mass is 9.99. The lowest BCUT2D eigenvalue weighted by Gasteiger charge is -2.29. The number of anilines is 1. The largest absolute Gasteiger partial charge is 0.374 e. The van der Waals surface area contributed by atoms with Crippen LogP contribution in [-0.4, -0.2) is 40.5 Å². The van der Waals surface area contributed by atoms with E-state index in [4.69, 9.17) is 5.73 Å². The Morgan fingerprint density at radius 1 is 1.44 bits per heavy atom. The van der Waals surface area contributed by atoms with Crippen molar-refractivity contribution in [3.05, 3.63) is 0 Å². The number of piperidine rings is 1. The summed E-state index contributed by atoms with van der Waals surface area (Å²) >= 11 is 3.23. The van der Waals surface area contributed by atoms with E-state index >= 15 is 0 Å². The minimum absolute atomic E-state index is 0.564. The summed E-state index contributed by atoms with van der Waals surface area (Å²) in [5, 5.41) is 8.37. The monoisotopic (exact) mass is 258 g/mol. The van der Waals surface area contributed by atoms with Crippen molar-refractivity contribution >= 4 is 28.2 Å². The number of nitrogens with two attached hydrogens (primary N) is 1. The van der Waals surface area contributed by atoms with Gasteiger partial charge in [0, 0.05) is 12.3 Å². The molecule has 0 aromatic carbocycles. The van der Waals surface area contributed by atoms with Crippen LogP contribution in [0.2, 0.25) is 0 Å². The molecule has 0 spiro atoms. The van der Waals surface area contributed by atoms with Gasteiger partial charge in [-0.1, -0.05) is 30.0 Å². The van der Waals surface area contributed by atoms with Gasteiger partial charge in [0.15, 0.2) is 4.34 Å². The normalized spacial score (nSPS) is 19.1. The maximum atomic E-state index is 5.53. The molecule has 6 heteroatoms. The van der Waals surface area contributed by atoms with Crippen LogP contribution in [0.25, 0.3) is 0 Å². The summed E-state index contributed by atoms with van der Waals surface area (Å²) in [6.45, 7) is 5.99. The van der Waals surface area contributed by atoms with Gasteiger partial charge in [-0.25, -0.2) is 0 Å². The number of aromatic nitrogens is 2. The molecule has 16 heavy (non-hydrogen) atoms. The second kappa shape index (κ2) is 5.84. The lowest BCUT2D eigenvalue weighted by molar-refractivity contribution is 0.203. The van der Waals surface area contributed by atoms with Gasteiger partial charge in [0.2, 0.25) is 5.13 Å².